The van der Waals surface area contributed by atoms with Crippen LogP contribution in [0.5, 0.6) is 0 Å². The third-order valence-electron chi connectivity index (χ3n) is 4.35. The summed E-state index contributed by atoms with van der Waals surface area (Å²) < 4.78 is 7.33. The molecule has 0 bridgehead atoms. The van der Waals surface area contributed by atoms with Crippen molar-refractivity contribution < 1.29 is 4.74 Å². The van der Waals surface area contributed by atoms with Crippen molar-refractivity contribution in [3.8, 4) is 0 Å². The van der Waals surface area contributed by atoms with Crippen molar-refractivity contribution >= 4 is 5.95 Å². The number of rotatable bonds is 6. The molecule has 0 spiro atoms. The molecule has 1 aromatic heterocycles. The van der Waals surface area contributed by atoms with Gasteiger partial charge in [0.2, 0.25) is 5.95 Å². The van der Waals surface area contributed by atoms with Crippen LogP contribution in [-0.4, -0.2) is 29.3 Å². The Morgan fingerprint density at radius 3 is 2.57 bits per heavy atom. The van der Waals surface area contributed by atoms with Gasteiger partial charge in [0.05, 0.1) is 0 Å². The average Bonchev–Trinajstić information content (AvgIpc) is 2.73. The van der Waals surface area contributed by atoms with Gasteiger partial charge in [0.25, 0.3) is 0 Å². The second-order valence-corrected chi connectivity index (χ2v) is 8.05. The average molecular weight is 293 g/mol. The lowest BCUT2D eigenvalue weighted by atomic mass is 9.63. The Morgan fingerprint density at radius 1 is 1.29 bits per heavy atom. The van der Waals surface area contributed by atoms with Crippen molar-refractivity contribution in [3.05, 3.63) is 12.4 Å². The van der Waals surface area contributed by atoms with Crippen LogP contribution in [-0.2, 0) is 11.3 Å². The summed E-state index contributed by atoms with van der Waals surface area (Å²) in [5, 5.41) is 3.68. The predicted octanol–water partition coefficient (Wildman–Crippen LogP) is 3.94. The van der Waals surface area contributed by atoms with Crippen LogP contribution >= 0.6 is 0 Å². The monoisotopic (exact) mass is 293 g/mol. The van der Waals surface area contributed by atoms with E-state index in [1.807, 2.05) is 6.20 Å². The van der Waals surface area contributed by atoms with Crippen LogP contribution in [0.15, 0.2) is 12.4 Å². The maximum absolute atomic E-state index is 5.13. The van der Waals surface area contributed by atoms with E-state index in [2.05, 4.69) is 48.8 Å². The van der Waals surface area contributed by atoms with E-state index in [0.29, 0.717) is 16.9 Å². The quantitative estimate of drug-likeness (QED) is 0.808. The third-order valence-corrected chi connectivity index (χ3v) is 4.35. The van der Waals surface area contributed by atoms with Crippen LogP contribution in [0, 0.1) is 10.8 Å². The topological polar surface area (TPSA) is 39.1 Å². The molecule has 0 unspecified atom stereocenters. The molecule has 1 fully saturated rings. The molecule has 0 aromatic carbocycles. The normalized spacial score (nSPS) is 21.4. The fourth-order valence-electron chi connectivity index (χ4n) is 4.14. The van der Waals surface area contributed by atoms with E-state index in [0.717, 1.165) is 25.5 Å². The van der Waals surface area contributed by atoms with Crippen molar-refractivity contribution in [3.63, 3.8) is 0 Å². The zero-order valence-corrected chi connectivity index (χ0v) is 14.3. The first-order valence-corrected chi connectivity index (χ1v) is 8.08. The van der Waals surface area contributed by atoms with Crippen LogP contribution in [0.25, 0.3) is 0 Å². The minimum absolute atomic E-state index is 0.396. The van der Waals surface area contributed by atoms with Crippen LogP contribution in [0.4, 0.5) is 5.95 Å². The zero-order chi connectivity index (χ0) is 15.5. The highest BCUT2D eigenvalue weighted by Gasteiger charge is 2.38. The van der Waals surface area contributed by atoms with Gasteiger partial charge in [-0.25, -0.2) is 4.98 Å². The first-order chi connectivity index (χ1) is 9.81. The summed E-state index contributed by atoms with van der Waals surface area (Å²) in [5.41, 5.74) is 0.791. The highest BCUT2D eigenvalue weighted by Crippen LogP contribution is 2.46. The van der Waals surface area contributed by atoms with Crippen molar-refractivity contribution in [2.45, 2.75) is 66.0 Å². The highest BCUT2D eigenvalue weighted by molar-refractivity contribution is 5.28. The van der Waals surface area contributed by atoms with Gasteiger partial charge in [-0.05, 0) is 36.5 Å². The molecule has 1 saturated carbocycles. The second-order valence-electron chi connectivity index (χ2n) is 8.05. The Kier molecular flexibility index (Phi) is 4.97. The van der Waals surface area contributed by atoms with E-state index >= 15 is 0 Å². The lowest BCUT2D eigenvalue weighted by molar-refractivity contribution is 0.105. The van der Waals surface area contributed by atoms with Crippen LogP contribution in [0.3, 0.4) is 0 Å². The molecule has 4 heteroatoms. The summed E-state index contributed by atoms with van der Waals surface area (Å²) >= 11 is 0. The fourth-order valence-corrected chi connectivity index (χ4v) is 4.14. The molecule has 0 aliphatic heterocycles. The number of hydrogen-bond acceptors (Lipinski definition) is 3. The van der Waals surface area contributed by atoms with Crippen molar-refractivity contribution in [1.82, 2.24) is 9.55 Å². The number of nitrogens with zero attached hydrogens (tertiary/aromatic N) is 2. The van der Waals surface area contributed by atoms with E-state index < -0.39 is 0 Å². The van der Waals surface area contributed by atoms with Crippen LogP contribution < -0.4 is 5.32 Å². The summed E-state index contributed by atoms with van der Waals surface area (Å²) in [6.45, 7) is 11.3. The maximum Gasteiger partial charge on any atom is 0.202 e. The van der Waals surface area contributed by atoms with Gasteiger partial charge < -0.3 is 14.6 Å². The number of nitrogens with one attached hydrogen (secondary N) is 1. The van der Waals surface area contributed by atoms with Gasteiger partial charge in [0.1, 0.15) is 0 Å². The van der Waals surface area contributed by atoms with Crippen molar-refractivity contribution in [2.24, 2.45) is 10.8 Å². The SMILES string of the molecule is COCCCn1ccnc1NC1CC(C)(C)CC(C)(C)C1. The third kappa shape index (κ3) is 4.73. The number of imidazole rings is 1. The largest absolute Gasteiger partial charge is 0.385 e. The molecule has 1 aliphatic rings. The standard InChI is InChI=1S/C17H31N3O/c1-16(2)11-14(12-17(3,4)13-16)19-15-18-7-9-20(15)8-6-10-21-5/h7,9,14H,6,8,10-13H2,1-5H3,(H,18,19). The smallest absolute Gasteiger partial charge is 0.202 e. The molecule has 0 amide bonds. The number of aromatic nitrogens is 2. The van der Waals surface area contributed by atoms with E-state index in [4.69, 9.17) is 4.74 Å². The molecule has 0 saturated heterocycles. The summed E-state index contributed by atoms with van der Waals surface area (Å²) in [4.78, 5) is 4.50. The number of methoxy groups -OCH3 is 1. The van der Waals surface area contributed by atoms with Crippen molar-refractivity contribution in [1.29, 1.82) is 0 Å². The molecule has 0 radical (unpaired) electrons. The van der Waals surface area contributed by atoms with Gasteiger partial charge in [0.15, 0.2) is 0 Å². The molecule has 2 rings (SSSR count). The van der Waals surface area contributed by atoms with Gasteiger partial charge in [0, 0.05) is 38.7 Å². The molecule has 0 atom stereocenters. The fraction of sp³-hybridized carbons (Fsp3) is 0.824. The second kappa shape index (κ2) is 6.39. The highest BCUT2D eigenvalue weighted by atomic mass is 16.5. The molecule has 1 heterocycles. The summed E-state index contributed by atoms with van der Waals surface area (Å²) in [6, 6.07) is 0.507. The maximum atomic E-state index is 5.13. The van der Waals surface area contributed by atoms with Gasteiger partial charge in [-0.15, -0.1) is 0 Å². The Morgan fingerprint density at radius 2 is 1.95 bits per heavy atom. The lowest BCUT2D eigenvalue weighted by Gasteiger charge is -2.45. The minimum atomic E-state index is 0.396. The summed E-state index contributed by atoms with van der Waals surface area (Å²) in [6.07, 6.45) is 8.66. The molecular formula is C17H31N3O. The molecule has 1 aromatic rings. The summed E-state index contributed by atoms with van der Waals surface area (Å²) in [7, 11) is 1.75. The minimum Gasteiger partial charge on any atom is -0.385 e. The van der Waals surface area contributed by atoms with Crippen molar-refractivity contribution in [2.75, 3.05) is 19.0 Å². The first-order valence-electron chi connectivity index (χ1n) is 8.08. The van der Waals surface area contributed by atoms with Crippen LogP contribution in [0.1, 0.15) is 53.4 Å². The first kappa shape index (κ1) is 16.3. The lowest BCUT2D eigenvalue weighted by Crippen LogP contribution is -2.40. The zero-order valence-electron chi connectivity index (χ0n) is 14.3. The molecule has 120 valence electrons. The van der Waals surface area contributed by atoms with E-state index in [-0.39, 0.29) is 0 Å². The van der Waals surface area contributed by atoms with Gasteiger partial charge in [-0.3, -0.25) is 0 Å². The number of anilines is 1. The predicted molar refractivity (Wildman–Crippen MR) is 87.5 cm³/mol. The Balaban J connectivity index is 1.99. The molecule has 21 heavy (non-hydrogen) atoms. The Hall–Kier alpha value is -1.03. The van der Waals surface area contributed by atoms with Gasteiger partial charge >= 0.3 is 0 Å². The Bertz CT molecular complexity index is 435. The van der Waals surface area contributed by atoms with E-state index in [1.54, 1.807) is 7.11 Å². The number of ether oxygens (including phenoxy) is 1. The molecule has 4 nitrogen and oxygen atoms in total. The number of aryl methyl sites for hydroxylation is 1. The van der Waals surface area contributed by atoms with Gasteiger partial charge in [-0.1, -0.05) is 27.7 Å². The Labute approximate surface area is 129 Å². The van der Waals surface area contributed by atoms with E-state index in [1.165, 1.54) is 19.3 Å². The summed E-state index contributed by atoms with van der Waals surface area (Å²) in [5.74, 6) is 1.00. The van der Waals surface area contributed by atoms with E-state index in [9.17, 15) is 0 Å². The van der Waals surface area contributed by atoms with Crippen LogP contribution in [0.2, 0.25) is 0 Å². The molecule has 1 N–H and O–H groups in total. The van der Waals surface area contributed by atoms with Gasteiger partial charge in [-0.2, -0.15) is 0 Å². The number of hydrogen-bond donors (Lipinski definition) is 1. The molecule has 1 aliphatic carbocycles. The molecular weight excluding hydrogens is 262 g/mol.